The van der Waals surface area contributed by atoms with E-state index in [1.165, 1.54) is 103 Å². The van der Waals surface area contributed by atoms with E-state index in [0.717, 1.165) is 13.0 Å². The highest BCUT2D eigenvalue weighted by molar-refractivity contribution is 5.65. The van der Waals surface area contributed by atoms with E-state index in [1.807, 2.05) is 0 Å². The summed E-state index contributed by atoms with van der Waals surface area (Å²) in [7, 11) is 0. The summed E-state index contributed by atoms with van der Waals surface area (Å²) in [4.78, 5) is 15.2. The van der Waals surface area contributed by atoms with Crippen LogP contribution in [0.25, 0.3) is 0 Å². The van der Waals surface area contributed by atoms with Crippen molar-refractivity contribution in [3.05, 3.63) is 0 Å². The van der Waals surface area contributed by atoms with E-state index in [1.54, 1.807) is 0 Å². The fourth-order valence-corrected chi connectivity index (χ4v) is 2.90. The van der Waals surface area contributed by atoms with Crippen LogP contribution in [0.2, 0.25) is 0 Å². The van der Waals surface area contributed by atoms with Crippen LogP contribution in [0.15, 0.2) is 0 Å². The second-order valence-electron chi connectivity index (χ2n) is 6.79. The topological polar surface area (TPSA) is 73.3 Å². The molecule has 0 spiro atoms. The van der Waals surface area contributed by atoms with Gasteiger partial charge in [0, 0.05) is 13.5 Å². The fraction of sp³-hybridized carbons (Fsp3) is 0.950. The summed E-state index contributed by atoms with van der Waals surface area (Å²) >= 11 is 0. The Morgan fingerprint density at radius 1 is 0.667 bits per heavy atom. The molecule has 0 rings (SSSR count). The number of hydrogen-bond acceptors (Lipinski definition) is 4. The molecule has 0 radical (unpaired) electrons. The van der Waals surface area contributed by atoms with Crippen LogP contribution in [-0.4, -0.2) is 12.5 Å². The van der Waals surface area contributed by atoms with Gasteiger partial charge in [-0.1, -0.05) is 103 Å². The molecular weight excluding hydrogens is 300 g/mol. The molecule has 0 unspecified atom stereocenters. The Labute approximate surface area is 151 Å². The van der Waals surface area contributed by atoms with Crippen molar-refractivity contribution in [1.82, 2.24) is 11.6 Å². The van der Waals surface area contributed by atoms with E-state index >= 15 is 0 Å². The first-order valence-electron chi connectivity index (χ1n) is 10.2. The van der Waals surface area contributed by atoms with Gasteiger partial charge in [0.2, 0.25) is 0 Å². The molecule has 4 heteroatoms. The molecular formula is C20H44N2O2. The average Bonchev–Trinajstić information content (AvgIpc) is 2.53. The number of carbonyl (C=O) groups excluding carboxylic acids is 1. The summed E-state index contributed by atoms with van der Waals surface area (Å²) in [6.45, 7) is 4.47. The highest BCUT2D eigenvalue weighted by Gasteiger charge is 1.95. The molecule has 0 fully saturated rings. The monoisotopic (exact) mass is 344 g/mol. The van der Waals surface area contributed by atoms with Gasteiger partial charge < -0.3 is 11.0 Å². The van der Waals surface area contributed by atoms with Crippen LogP contribution < -0.4 is 11.6 Å². The maximum atomic E-state index is 10.5. The molecule has 0 atom stereocenters. The minimum absolute atomic E-state index is 0. The normalized spacial score (nSPS) is 10.4. The van der Waals surface area contributed by atoms with Crippen LogP contribution >= 0.6 is 0 Å². The SMILES string of the molecule is CCCCCCCCCCCCCCCCCCNOC(C)=O.N. The van der Waals surface area contributed by atoms with Crippen LogP contribution in [0.5, 0.6) is 0 Å². The molecule has 0 aromatic heterocycles. The van der Waals surface area contributed by atoms with Crippen LogP contribution in [0.3, 0.4) is 0 Å². The Bertz CT molecular complexity index is 248. The van der Waals surface area contributed by atoms with Crippen molar-refractivity contribution in [2.75, 3.05) is 6.54 Å². The van der Waals surface area contributed by atoms with E-state index in [4.69, 9.17) is 0 Å². The minimum atomic E-state index is -0.263. The zero-order valence-electron chi connectivity index (χ0n) is 16.5. The van der Waals surface area contributed by atoms with E-state index in [0.29, 0.717) is 0 Å². The maximum Gasteiger partial charge on any atom is 0.321 e. The minimum Gasteiger partial charge on any atom is -0.371 e. The second kappa shape index (κ2) is 22.4. The molecule has 0 saturated heterocycles. The molecule has 4 nitrogen and oxygen atoms in total. The standard InChI is InChI=1S/C20H41NO2.H3N/c1-3-4-5-6-7-8-9-10-11-12-13-14-15-16-17-18-19-21-23-20(2)22;/h21H,3-19H2,1-2H3;1H3. The lowest BCUT2D eigenvalue weighted by molar-refractivity contribution is -0.148. The summed E-state index contributed by atoms with van der Waals surface area (Å²) in [5, 5.41) is 0. The molecule has 0 aromatic carbocycles. The highest BCUT2D eigenvalue weighted by Crippen LogP contribution is 2.13. The molecule has 24 heavy (non-hydrogen) atoms. The summed E-state index contributed by atoms with van der Waals surface area (Å²) in [6, 6.07) is 0. The van der Waals surface area contributed by atoms with Crippen molar-refractivity contribution in [1.29, 1.82) is 0 Å². The van der Waals surface area contributed by atoms with E-state index in [2.05, 4.69) is 17.2 Å². The van der Waals surface area contributed by atoms with Crippen molar-refractivity contribution in [3.8, 4) is 0 Å². The number of hydrogen-bond donors (Lipinski definition) is 2. The van der Waals surface area contributed by atoms with Crippen molar-refractivity contribution >= 4 is 5.97 Å². The number of hydroxylamine groups is 1. The number of unbranched alkanes of at least 4 members (excludes halogenated alkanes) is 15. The third-order valence-electron chi connectivity index (χ3n) is 4.35. The quantitative estimate of drug-likeness (QED) is 0.220. The number of nitrogens with one attached hydrogen (secondary N) is 1. The summed E-state index contributed by atoms with van der Waals surface area (Å²) in [5.74, 6) is -0.263. The summed E-state index contributed by atoms with van der Waals surface area (Å²) in [5.41, 5.74) is 2.68. The number of rotatable bonds is 18. The fourth-order valence-electron chi connectivity index (χ4n) is 2.90. The van der Waals surface area contributed by atoms with Crippen molar-refractivity contribution in [2.24, 2.45) is 0 Å². The average molecular weight is 345 g/mol. The van der Waals surface area contributed by atoms with Gasteiger partial charge >= 0.3 is 5.97 Å². The predicted molar refractivity (Wildman–Crippen MR) is 104 cm³/mol. The highest BCUT2D eigenvalue weighted by atomic mass is 16.7. The molecule has 0 aromatic rings. The first kappa shape index (κ1) is 25.6. The van der Waals surface area contributed by atoms with Crippen molar-refractivity contribution < 1.29 is 9.63 Å². The predicted octanol–water partition coefficient (Wildman–Crippen LogP) is 6.48. The van der Waals surface area contributed by atoms with E-state index in [-0.39, 0.29) is 12.1 Å². The van der Waals surface area contributed by atoms with Crippen LogP contribution in [0.4, 0.5) is 0 Å². The maximum absolute atomic E-state index is 10.5. The van der Waals surface area contributed by atoms with E-state index in [9.17, 15) is 4.79 Å². The van der Waals surface area contributed by atoms with Gasteiger partial charge in [-0.3, -0.25) is 4.79 Å². The molecule has 0 aliphatic rings. The van der Waals surface area contributed by atoms with Gasteiger partial charge in [0.05, 0.1) is 0 Å². The largest absolute Gasteiger partial charge is 0.371 e. The van der Waals surface area contributed by atoms with Gasteiger partial charge in [-0.25, -0.2) is 0 Å². The van der Waals surface area contributed by atoms with Crippen LogP contribution in [0, 0.1) is 0 Å². The molecule has 0 heterocycles. The van der Waals surface area contributed by atoms with Gasteiger partial charge in [0.15, 0.2) is 0 Å². The Morgan fingerprint density at radius 3 is 1.33 bits per heavy atom. The molecule has 0 aliphatic carbocycles. The summed E-state index contributed by atoms with van der Waals surface area (Å²) in [6.07, 6.45) is 22.1. The van der Waals surface area contributed by atoms with Crippen LogP contribution in [-0.2, 0) is 9.63 Å². The Balaban J connectivity index is 0. The molecule has 146 valence electrons. The lowest BCUT2D eigenvalue weighted by atomic mass is 10.0. The molecule has 0 saturated carbocycles. The van der Waals surface area contributed by atoms with Gasteiger partial charge in [0.1, 0.15) is 0 Å². The van der Waals surface area contributed by atoms with Crippen molar-refractivity contribution in [3.63, 3.8) is 0 Å². The first-order chi connectivity index (χ1) is 11.3. The Morgan fingerprint density at radius 2 is 1.00 bits per heavy atom. The number of carbonyl (C=O) groups is 1. The Hall–Kier alpha value is -0.610. The summed E-state index contributed by atoms with van der Waals surface area (Å²) < 4.78 is 0. The third kappa shape index (κ3) is 23.7. The smallest absolute Gasteiger partial charge is 0.321 e. The van der Waals surface area contributed by atoms with Crippen LogP contribution in [0.1, 0.15) is 117 Å². The molecule has 4 N–H and O–H groups in total. The molecule has 0 bridgehead atoms. The second-order valence-corrected chi connectivity index (χ2v) is 6.79. The molecule has 0 aliphatic heterocycles. The first-order valence-corrected chi connectivity index (χ1v) is 10.2. The van der Waals surface area contributed by atoms with Gasteiger partial charge in [-0.05, 0) is 6.42 Å². The van der Waals surface area contributed by atoms with E-state index < -0.39 is 0 Å². The lowest BCUT2D eigenvalue weighted by Gasteiger charge is -2.04. The lowest BCUT2D eigenvalue weighted by Crippen LogP contribution is -2.18. The van der Waals surface area contributed by atoms with Gasteiger partial charge in [-0.2, -0.15) is 5.48 Å². The van der Waals surface area contributed by atoms with Gasteiger partial charge in [0.25, 0.3) is 0 Å². The Kier molecular flexibility index (Phi) is 23.9. The molecule has 0 amide bonds. The zero-order chi connectivity index (χ0) is 17.0. The third-order valence-corrected chi connectivity index (χ3v) is 4.35. The van der Waals surface area contributed by atoms with Gasteiger partial charge in [-0.15, -0.1) is 0 Å². The zero-order valence-corrected chi connectivity index (χ0v) is 16.5. The van der Waals surface area contributed by atoms with Crippen molar-refractivity contribution in [2.45, 2.75) is 117 Å².